The number of carbonyl (C=O) groups excluding carboxylic acids is 3. The van der Waals surface area contributed by atoms with Crippen molar-refractivity contribution in [2.24, 2.45) is 0 Å². The largest absolute Gasteiger partial charge is 0.490 e. The molecule has 0 bridgehead atoms. The molecule has 1 aromatic rings. The fourth-order valence-electron chi connectivity index (χ4n) is 2.37. The van der Waals surface area contributed by atoms with Gasteiger partial charge in [0, 0.05) is 23.9 Å². The molecule has 1 aliphatic heterocycles. The minimum Gasteiger partial charge on any atom is -0.490 e. The van der Waals surface area contributed by atoms with Crippen LogP contribution in [0.1, 0.15) is 50.4 Å². The molecule has 7 nitrogen and oxygen atoms in total. The summed E-state index contributed by atoms with van der Waals surface area (Å²) < 4.78 is 16.0. The minimum atomic E-state index is -0.586. The van der Waals surface area contributed by atoms with Crippen molar-refractivity contribution >= 4 is 17.7 Å². The Morgan fingerprint density at radius 1 is 1.08 bits per heavy atom. The number of fused-ring (bicyclic) bond motifs is 1. The van der Waals surface area contributed by atoms with Gasteiger partial charge in [0.25, 0.3) is 5.91 Å². The second-order valence-corrected chi connectivity index (χ2v) is 7.09. The summed E-state index contributed by atoms with van der Waals surface area (Å²) >= 11 is 0. The van der Waals surface area contributed by atoms with Gasteiger partial charge < -0.3 is 19.5 Å². The van der Waals surface area contributed by atoms with Crippen molar-refractivity contribution in [1.82, 2.24) is 5.32 Å². The van der Waals surface area contributed by atoms with E-state index in [1.54, 1.807) is 18.2 Å². The van der Waals surface area contributed by atoms with E-state index in [1.165, 1.54) is 0 Å². The maximum atomic E-state index is 12.3. The van der Waals surface area contributed by atoms with Gasteiger partial charge in [0.05, 0.1) is 19.6 Å². The average Bonchev–Trinajstić information content (AvgIpc) is 2.80. The van der Waals surface area contributed by atoms with E-state index in [0.717, 1.165) is 6.42 Å². The molecular weight excluding hydrogens is 338 g/mol. The molecule has 142 valence electrons. The third-order valence-electron chi connectivity index (χ3n) is 3.50. The van der Waals surface area contributed by atoms with Gasteiger partial charge in [-0.15, -0.1) is 0 Å². The van der Waals surface area contributed by atoms with Gasteiger partial charge in [-0.05, 0) is 39.0 Å². The zero-order valence-corrected chi connectivity index (χ0v) is 15.4. The molecule has 0 unspecified atom stereocenters. The van der Waals surface area contributed by atoms with Gasteiger partial charge in [-0.1, -0.05) is 0 Å². The maximum Gasteiger partial charge on any atom is 0.306 e. The summed E-state index contributed by atoms with van der Waals surface area (Å²) in [7, 11) is 0. The zero-order valence-electron chi connectivity index (χ0n) is 15.4. The predicted molar refractivity (Wildman–Crippen MR) is 94.5 cm³/mol. The summed E-state index contributed by atoms with van der Waals surface area (Å²) in [6, 6.07) is 4.98. The molecule has 0 atom stereocenters. The molecule has 2 rings (SSSR count). The molecule has 1 N–H and O–H groups in total. The van der Waals surface area contributed by atoms with Crippen molar-refractivity contribution in [1.29, 1.82) is 0 Å². The van der Waals surface area contributed by atoms with Crippen molar-refractivity contribution in [2.45, 2.75) is 45.6 Å². The van der Waals surface area contributed by atoms with Crippen LogP contribution >= 0.6 is 0 Å². The van der Waals surface area contributed by atoms with Crippen LogP contribution in [0.25, 0.3) is 0 Å². The Kier molecular flexibility index (Phi) is 6.60. The van der Waals surface area contributed by atoms with E-state index in [4.69, 9.17) is 14.2 Å². The quantitative estimate of drug-likeness (QED) is 0.616. The summed E-state index contributed by atoms with van der Waals surface area (Å²) in [6.07, 6.45) is 0.696. The van der Waals surface area contributed by atoms with Crippen LogP contribution in [-0.4, -0.2) is 43.0 Å². The van der Waals surface area contributed by atoms with Gasteiger partial charge >= 0.3 is 5.97 Å². The van der Waals surface area contributed by atoms with E-state index in [9.17, 15) is 14.4 Å². The molecule has 1 heterocycles. The Bertz CT molecular complexity index is 677. The molecule has 0 fully saturated rings. The van der Waals surface area contributed by atoms with Crippen molar-refractivity contribution in [2.75, 3.05) is 19.8 Å². The molecule has 0 spiro atoms. The summed E-state index contributed by atoms with van der Waals surface area (Å²) in [5.74, 6) is -0.00771. The highest BCUT2D eigenvalue weighted by Gasteiger charge is 2.17. The van der Waals surface area contributed by atoms with Crippen LogP contribution in [0.3, 0.4) is 0 Å². The average molecular weight is 363 g/mol. The number of hydrogen-bond donors (Lipinski definition) is 1. The van der Waals surface area contributed by atoms with Gasteiger partial charge in [-0.25, -0.2) is 0 Å². The summed E-state index contributed by atoms with van der Waals surface area (Å²) in [4.78, 5) is 35.6. The van der Waals surface area contributed by atoms with E-state index >= 15 is 0 Å². The van der Waals surface area contributed by atoms with E-state index in [1.807, 2.05) is 20.8 Å². The normalized spacial score (nSPS) is 13.5. The first-order chi connectivity index (χ1) is 12.2. The fraction of sp³-hybridized carbons (Fsp3) is 0.526. The molecule has 7 heteroatoms. The van der Waals surface area contributed by atoms with E-state index < -0.39 is 11.5 Å². The summed E-state index contributed by atoms with van der Waals surface area (Å²) in [5, 5.41) is 2.69. The third kappa shape index (κ3) is 6.38. The number of amides is 1. The lowest BCUT2D eigenvalue weighted by Gasteiger charge is -2.20. The van der Waals surface area contributed by atoms with Crippen LogP contribution in [0.15, 0.2) is 18.2 Å². The van der Waals surface area contributed by atoms with Crippen LogP contribution in [0.4, 0.5) is 0 Å². The van der Waals surface area contributed by atoms with E-state index in [-0.39, 0.29) is 31.1 Å². The molecule has 0 saturated heterocycles. The van der Waals surface area contributed by atoms with Crippen molar-refractivity contribution < 1.29 is 28.6 Å². The fourth-order valence-corrected chi connectivity index (χ4v) is 2.37. The number of Topliss-reactive ketones (excluding diaryl/α,β-unsaturated/α-hetero) is 1. The highest BCUT2D eigenvalue weighted by atomic mass is 16.5. The molecule has 1 amide bonds. The number of rotatable bonds is 6. The first-order valence-electron chi connectivity index (χ1n) is 8.64. The Balaban J connectivity index is 1.80. The van der Waals surface area contributed by atoms with Crippen LogP contribution in [0.2, 0.25) is 0 Å². The monoisotopic (exact) mass is 363 g/mol. The Hall–Kier alpha value is -2.57. The standard InChI is InChI=1S/C19H25NO6/c1-19(2,3)20-17(22)12-26-18(23)8-6-14(21)13-5-7-15-16(11-13)25-10-4-9-24-15/h5,7,11H,4,6,8-10,12H2,1-3H3,(H,20,22). The molecule has 1 aliphatic rings. The smallest absolute Gasteiger partial charge is 0.306 e. The molecule has 0 radical (unpaired) electrons. The highest BCUT2D eigenvalue weighted by Crippen LogP contribution is 2.30. The second-order valence-electron chi connectivity index (χ2n) is 7.09. The number of esters is 1. The zero-order chi connectivity index (χ0) is 19.2. The first kappa shape index (κ1) is 19.8. The van der Waals surface area contributed by atoms with Crippen molar-refractivity contribution in [3.8, 4) is 11.5 Å². The Morgan fingerprint density at radius 3 is 2.46 bits per heavy atom. The van der Waals surface area contributed by atoms with Gasteiger partial charge in [-0.3, -0.25) is 14.4 Å². The molecule has 0 aromatic heterocycles. The number of benzene rings is 1. The Morgan fingerprint density at radius 2 is 1.77 bits per heavy atom. The number of hydrogen-bond acceptors (Lipinski definition) is 6. The number of carbonyl (C=O) groups is 3. The minimum absolute atomic E-state index is 0.000628. The summed E-state index contributed by atoms with van der Waals surface area (Å²) in [5.41, 5.74) is 0.0591. The van der Waals surface area contributed by atoms with Crippen LogP contribution in [0, 0.1) is 0 Å². The lowest BCUT2D eigenvalue weighted by atomic mass is 10.1. The van der Waals surface area contributed by atoms with Crippen molar-refractivity contribution in [3.63, 3.8) is 0 Å². The van der Waals surface area contributed by atoms with Gasteiger partial charge in [0.2, 0.25) is 0 Å². The van der Waals surface area contributed by atoms with Gasteiger partial charge in [0.1, 0.15) is 0 Å². The lowest BCUT2D eigenvalue weighted by molar-refractivity contribution is -0.148. The molecular formula is C19H25NO6. The topological polar surface area (TPSA) is 90.9 Å². The number of nitrogens with one attached hydrogen (secondary N) is 1. The van der Waals surface area contributed by atoms with Gasteiger partial charge in [0.15, 0.2) is 23.9 Å². The SMILES string of the molecule is CC(C)(C)NC(=O)COC(=O)CCC(=O)c1ccc2c(c1)OCCCO2. The molecule has 26 heavy (non-hydrogen) atoms. The van der Waals surface area contributed by atoms with Crippen LogP contribution in [-0.2, 0) is 14.3 Å². The maximum absolute atomic E-state index is 12.3. The van der Waals surface area contributed by atoms with Crippen LogP contribution < -0.4 is 14.8 Å². The lowest BCUT2D eigenvalue weighted by Crippen LogP contribution is -2.42. The Labute approximate surface area is 153 Å². The molecule has 0 aliphatic carbocycles. The van der Waals surface area contributed by atoms with E-state index in [2.05, 4.69) is 5.32 Å². The second kappa shape index (κ2) is 8.69. The summed E-state index contributed by atoms with van der Waals surface area (Å²) in [6.45, 7) is 6.26. The predicted octanol–water partition coefficient (Wildman–Crippen LogP) is 2.27. The first-order valence-corrected chi connectivity index (χ1v) is 8.64. The number of ketones is 1. The third-order valence-corrected chi connectivity index (χ3v) is 3.50. The molecule has 0 saturated carbocycles. The van der Waals surface area contributed by atoms with E-state index in [0.29, 0.717) is 30.3 Å². The van der Waals surface area contributed by atoms with Gasteiger partial charge in [-0.2, -0.15) is 0 Å². The molecule has 1 aromatic carbocycles. The van der Waals surface area contributed by atoms with Crippen LogP contribution in [0.5, 0.6) is 11.5 Å². The number of ether oxygens (including phenoxy) is 3. The van der Waals surface area contributed by atoms with Crippen molar-refractivity contribution in [3.05, 3.63) is 23.8 Å². The highest BCUT2D eigenvalue weighted by molar-refractivity contribution is 5.98.